The second-order valence-corrected chi connectivity index (χ2v) is 8.18. The maximum absolute atomic E-state index is 14.3. The number of carbonyl (C=O) groups is 3. The highest BCUT2D eigenvalue weighted by molar-refractivity contribution is 6.09. The molecule has 4 amide bonds. The first-order chi connectivity index (χ1) is 14.7. The first-order valence-electron chi connectivity index (χ1n) is 10.2. The van der Waals surface area contributed by atoms with Crippen molar-refractivity contribution in [3.05, 3.63) is 70.8 Å². The van der Waals surface area contributed by atoms with Crippen LogP contribution in [0.4, 0.5) is 13.6 Å². The summed E-state index contributed by atoms with van der Waals surface area (Å²) >= 11 is 0. The fraction of sp³-hybridized carbons (Fsp3) is 0.348. The van der Waals surface area contributed by atoms with Crippen LogP contribution in [0, 0.1) is 11.6 Å². The third-order valence-electron chi connectivity index (χ3n) is 6.23. The van der Waals surface area contributed by atoms with Crippen molar-refractivity contribution in [3.8, 4) is 0 Å². The summed E-state index contributed by atoms with van der Waals surface area (Å²) in [6.45, 7) is 0.822. The molecule has 2 aliphatic rings. The predicted octanol–water partition coefficient (Wildman–Crippen LogP) is 3.27. The van der Waals surface area contributed by atoms with Gasteiger partial charge in [-0.05, 0) is 55.5 Å². The summed E-state index contributed by atoms with van der Waals surface area (Å²) in [7, 11) is 1.65. The van der Waals surface area contributed by atoms with Crippen molar-refractivity contribution in [3.63, 3.8) is 0 Å². The van der Waals surface area contributed by atoms with E-state index in [1.807, 2.05) is 24.3 Å². The van der Waals surface area contributed by atoms with Gasteiger partial charge in [-0.25, -0.2) is 13.6 Å². The Morgan fingerprint density at radius 2 is 1.97 bits per heavy atom. The summed E-state index contributed by atoms with van der Waals surface area (Å²) in [5, 5.41) is 2.41. The van der Waals surface area contributed by atoms with Gasteiger partial charge in [0.25, 0.3) is 5.91 Å². The van der Waals surface area contributed by atoms with E-state index in [1.165, 1.54) is 12.5 Å². The molecule has 8 heteroatoms. The lowest BCUT2D eigenvalue weighted by molar-refractivity contribution is -0.139. The molecule has 2 atom stereocenters. The van der Waals surface area contributed by atoms with Crippen molar-refractivity contribution in [2.45, 2.75) is 37.8 Å². The molecule has 2 aromatic rings. The summed E-state index contributed by atoms with van der Waals surface area (Å²) in [6.07, 6.45) is 2.66. The van der Waals surface area contributed by atoms with Gasteiger partial charge in [0.05, 0.1) is 6.04 Å². The second kappa shape index (κ2) is 7.76. The number of urea groups is 1. The summed E-state index contributed by atoms with van der Waals surface area (Å²) in [6, 6.07) is 9.65. The smallest absolute Gasteiger partial charge is 0.325 e. The fourth-order valence-corrected chi connectivity index (χ4v) is 4.45. The Morgan fingerprint density at radius 1 is 1.23 bits per heavy atom. The van der Waals surface area contributed by atoms with Crippen LogP contribution in [0.2, 0.25) is 0 Å². The molecule has 1 aliphatic carbocycles. The summed E-state index contributed by atoms with van der Waals surface area (Å²) in [4.78, 5) is 40.8. The molecular formula is C23H23F2N3O3. The number of hydrogen-bond acceptors (Lipinski definition) is 3. The maximum Gasteiger partial charge on any atom is 0.325 e. The first kappa shape index (κ1) is 21.0. The van der Waals surface area contributed by atoms with Crippen molar-refractivity contribution in [1.29, 1.82) is 0 Å². The lowest BCUT2D eigenvalue weighted by Crippen LogP contribution is -2.45. The Balaban J connectivity index is 1.55. The SMILES string of the molecule is CN(C(=O)CN1C(=O)N[C@@](C)(c2cc(F)ccc2F)C1=O)[C@H]1CCCc2ccccc21. The van der Waals surface area contributed by atoms with Crippen LogP contribution in [0.15, 0.2) is 42.5 Å². The van der Waals surface area contributed by atoms with Crippen molar-refractivity contribution >= 4 is 17.8 Å². The van der Waals surface area contributed by atoms with E-state index in [0.29, 0.717) is 0 Å². The molecule has 2 aromatic carbocycles. The summed E-state index contributed by atoms with van der Waals surface area (Å²) < 4.78 is 28.0. The Bertz CT molecular complexity index is 1070. The third kappa shape index (κ3) is 3.56. The zero-order valence-corrected chi connectivity index (χ0v) is 17.3. The fourth-order valence-electron chi connectivity index (χ4n) is 4.45. The highest BCUT2D eigenvalue weighted by atomic mass is 19.1. The molecule has 0 aromatic heterocycles. The number of rotatable bonds is 4. The predicted molar refractivity (Wildman–Crippen MR) is 109 cm³/mol. The third-order valence-corrected chi connectivity index (χ3v) is 6.23. The van der Waals surface area contributed by atoms with E-state index >= 15 is 0 Å². The van der Waals surface area contributed by atoms with Gasteiger partial charge < -0.3 is 10.2 Å². The number of carbonyl (C=O) groups excluding carboxylic acids is 3. The molecule has 0 bridgehead atoms. The van der Waals surface area contributed by atoms with Crippen LogP contribution in [0.1, 0.15) is 42.5 Å². The second-order valence-electron chi connectivity index (χ2n) is 8.18. The number of nitrogens with zero attached hydrogens (tertiary/aromatic N) is 2. The zero-order valence-electron chi connectivity index (χ0n) is 17.3. The number of imide groups is 1. The van der Waals surface area contributed by atoms with Gasteiger partial charge in [0.1, 0.15) is 23.7 Å². The molecule has 31 heavy (non-hydrogen) atoms. The zero-order chi connectivity index (χ0) is 22.3. The lowest BCUT2D eigenvalue weighted by atomic mass is 9.87. The molecule has 1 saturated heterocycles. The molecule has 6 nitrogen and oxygen atoms in total. The molecule has 0 spiro atoms. The molecule has 4 rings (SSSR count). The first-order valence-corrected chi connectivity index (χ1v) is 10.2. The molecule has 1 fully saturated rings. The summed E-state index contributed by atoms with van der Waals surface area (Å²) in [5.74, 6) is -2.76. The minimum absolute atomic E-state index is 0.148. The normalized spacial score (nSPS) is 22.8. The Morgan fingerprint density at radius 3 is 2.74 bits per heavy atom. The van der Waals surface area contributed by atoms with Crippen molar-refractivity contribution in [2.75, 3.05) is 13.6 Å². The average molecular weight is 427 g/mol. The minimum Gasteiger partial charge on any atom is -0.337 e. The van der Waals surface area contributed by atoms with Crippen LogP contribution < -0.4 is 5.32 Å². The minimum atomic E-state index is -1.79. The van der Waals surface area contributed by atoms with Gasteiger partial charge in [-0.15, -0.1) is 0 Å². The highest BCUT2D eigenvalue weighted by Crippen LogP contribution is 2.34. The van der Waals surface area contributed by atoms with Crippen LogP contribution in [0.3, 0.4) is 0 Å². The molecule has 162 valence electrons. The summed E-state index contributed by atoms with van der Waals surface area (Å²) in [5.41, 5.74) is 0.172. The van der Waals surface area contributed by atoms with Crippen LogP contribution in [-0.4, -0.2) is 41.2 Å². The van der Waals surface area contributed by atoms with E-state index in [-0.39, 0.29) is 11.6 Å². The van der Waals surface area contributed by atoms with Crippen LogP contribution in [-0.2, 0) is 21.5 Å². The Labute approximate surface area is 178 Å². The molecule has 0 saturated carbocycles. The Hall–Kier alpha value is -3.29. The number of nitrogens with one attached hydrogen (secondary N) is 1. The monoisotopic (exact) mass is 427 g/mol. The van der Waals surface area contributed by atoms with Gasteiger partial charge in [0, 0.05) is 12.6 Å². The van der Waals surface area contributed by atoms with Crippen LogP contribution >= 0.6 is 0 Å². The van der Waals surface area contributed by atoms with E-state index in [4.69, 9.17) is 0 Å². The van der Waals surface area contributed by atoms with Gasteiger partial charge in [0.15, 0.2) is 0 Å². The lowest BCUT2D eigenvalue weighted by Gasteiger charge is -2.34. The molecule has 0 unspecified atom stereocenters. The van der Waals surface area contributed by atoms with Crippen molar-refractivity contribution in [2.24, 2.45) is 0 Å². The standard InChI is InChI=1S/C23H23F2N3O3/c1-23(17-12-15(24)10-11-18(17)25)21(30)28(22(31)26-23)13-20(29)27(2)19-9-5-7-14-6-3-4-8-16(14)19/h3-4,6,8,10-12,19H,5,7,9,13H2,1-2H3,(H,26,31)/t19-,23-/m0/s1. The molecule has 0 radical (unpaired) electrons. The maximum atomic E-state index is 14.3. The number of amides is 4. The van der Waals surface area contributed by atoms with E-state index in [2.05, 4.69) is 5.32 Å². The van der Waals surface area contributed by atoms with Gasteiger partial charge >= 0.3 is 6.03 Å². The number of fused-ring (bicyclic) bond motifs is 1. The Kier molecular flexibility index (Phi) is 5.24. The molecule has 1 N–H and O–H groups in total. The number of benzene rings is 2. The topological polar surface area (TPSA) is 69.7 Å². The van der Waals surface area contributed by atoms with E-state index in [0.717, 1.165) is 47.9 Å². The van der Waals surface area contributed by atoms with Crippen LogP contribution in [0.25, 0.3) is 0 Å². The molecule has 1 heterocycles. The molecular weight excluding hydrogens is 404 g/mol. The van der Waals surface area contributed by atoms with Gasteiger partial charge in [-0.1, -0.05) is 24.3 Å². The average Bonchev–Trinajstić information content (AvgIpc) is 2.98. The van der Waals surface area contributed by atoms with Crippen LogP contribution in [0.5, 0.6) is 0 Å². The van der Waals surface area contributed by atoms with E-state index in [1.54, 1.807) is 11.9 Å². The van der Waals surface area contributed by atoms with E-state index < -0.39 is 41.6 Å². The highest BCUT2D eigenvalue weighted by Gasteiger charge is 2.51. The number of hydrogen-bond donors (Lipinski definition) is 1. The van der Waals surface area contributed by atoms with Gasteiger partial charge in [-0.3, -0.25) is 14.5 Å². The number of likely N-dealkylation sites (N-methyl/N-ethyl adjacent to an activating group) is 1. The quantitative estimate of drug-likeness (QED) is 0.762. The number of halogens is 2. The van der Waals surface area contributed by atoms with Gasteiger partial charge in [-0.2, -0.15) is 0 Å². The number of aryl methyl sites for hydroxylation is 1. The van der Waals surface area contributed by atoms with Gasteiger partial charge in [0.2, 0.25) is 5.91 Å². The van der Waals surface area contributed by atoms with Crippen molar-refractivity contribution in [1.82, 2.24) is 15.1 Å². The van der Waals surface area contributed by atoms with Crippen molar-refractivity contribution < 1.29 is 23.2 Å². The largest absolute Gasteiger partial charge is 0.337 e. The van der Waals surface area contributed by atoms with E-state index in [9.17, 15) is 23.2 Å². The molecule has 1 aliphatic heterocycles.